The summed E-state index contributed by atoms with van der Waals surface area (Å²) in [6.07, 6.45) is 7.82. The molecule has 4 unspecified atom stereocenters. The summed E-state index contributed by atoms with van der Waals surface area (Å²) >= 11 is 12.5. The molecule has 39 heavy (non-hydrogen) atoms. The van der Waals surface area contributed by atoms with Gasteiger partial charge in [-0.15, -0.1) is 0 Å². The smallest absolute Gasteiger partial charge is 0.0940 e. The van der Waals surface area contributed by atoms with Gasteiger partial charge in [0.2, 0.25) is 0 Å². The quantitative estimate of drug-likeness (QED) is 0.326. The van der Waals surface area contributed by atoms with Gasteiger partial charge in [0.25, 0.3) is 0 Å². The summed E-state index contributed by atoms with van der Waals surface area (Å²) in [6, 6.07) is 27.9. The van der Waals surface area contributed by atoms with Gasteiger partial charge in [0.15, 0.2) is 0 Å². The molecule has 4 saturated heterocycles. The van der Waals surface area contributed by atoms with Gasteiger partial charge in [0.05, 0.1) is 11.2 Å². The fraction of sp³-hybridized carbons (Fsp3) is 0.455. The summed E-state index contributed by atoms with van der Waals surface area (Å²) in [5, 5.41) is 27.0. The van der Waals surface area contributed by atoms with E-state index in [2.05, 4.69) is 40.5 Å². The van der Waals surface area contributed by atoms with Crippen molar-refractivity contribution in [1.29, 1.82) is 0 Å². The second-order valence-electron chi connectivity index (χ2n) is 12.0. The Morgan fingerprint density at radius 2 is 1.10 bits per heavy atom. The zero-order valence-electron chi connectivity index (χ0n) is 22.3. The van der Waals surface area contributed by atoms with Gasteiger partial charge in [0, 0.05) is 51.9 Å². The minimum absolute atomic E-state index is 0.440. The first-order valence-electron chi connectivity index (χ1n) is 14.3. The maximum Gasteiger partial charge on any atom is 0.0940 e. The van der Waals surface area contributed by atoms with E-state index < -0.39 is 11.2 Å². The fourth-order valence-corrected chi connectivity index (χ4v) is 8.23. The minimum Gasteiger partial charge on any atom is -0.385 e. The van der Waals surface area contributed by atoms with Gasteiger partial charge in [-0.05, 0) is 69.1 Å². The third-order valence-corrected chi connectivity index (χ3v) is 10.0. The van der Waals surface area contributed by atoms with Crippen LogP contribution in [0, 0.1) is 0 Å². The van der Waals surface area contributed by atoms with Crippen molar-refractivity contribution in [2.24, 2.45) is 0 Å². The Morgan fingerprint density at radius 1 is 0.641 bits per heavy atom. The van der Waals surface area contributed by atoms with Crippen LogP contribution in [0.4, 0.5) is 0 Å². The summed E-state index contributed by atoms with van der Waals surface area (Å²) in [7, 11) is 0. The summed E-state index contributed by atoms with van der Waals surface area (Å²) in [5.74, 6) is 0. The Balaban J connectivity index is 0.000000151. The lowest BCUT2D eigenvalue weighted by molar-refractivity contribution is -0.0594. The van der Waals surface area contributed by atoms with Gasteiger partial charge in [-0.1, -0.05) is 89.9 Å². The van der Waals surface area contributed by atoms with Crippen molar-refractivity contribution in [1.82, 2.24) is 10.2 Å². The lowest BCUT2D eigenvalue weighted by Crippen LogP contribution is -2.49. The number of hydrogen-bond acceptors (Lipinski definition) is 4. The number of rotatable bonds is 4. The van der Waals surface area contributed by atoms with Crippen LogP contribution in [-0.4, -0.2) is 39.3 Å². The number of piperidine rings is 2. The highest BCUT2D eigenvalue weighted by Crippen LogP contribution is 2.48. The first-order chi connectivity index (χ1) is 18.8. The van der Waals surface area contributed by atoms with Crippen molar-refractivity contribution in [2.45, 2.75) is 93.3 Å². The molecule has 3 aromatic rings. The lowest BCUT2D eigenvalue weighted by atomic mass is 9.80. The normalized spacial score (nSPS) is 33.4. The topological polar surface area (TPSA) is 55.7 Å². The maximum absolute atomic E-state index is 11.3. The molecule has 4 bridgehead atoms. The van der Waals surface area contributed by atoms with Crippen molar-refractivity contribution in [3.8, 4) is 0 Å². The van der Waals surface area contributed by atoms with E-state index in [4.69, 9.17) is 23.2 Å². The van der Waals surface area contributed by atoms with Crippen LogP contribution in [0.5, 0.6) is 0 Å². The van der Waals surface area contributed by atoms with Crippen LogP contribution in [0.15, 0.2) is 78.9 Å². The Bertz CT molecular complexity index is 1260. The molecule has 0 aliphatic carbocycles. The second kappa shape index (κ2) is 11.2. The number of halogens is 2. The van der Waals surface area contributed by atoms with E-state index in [9.17, 15) is 10.2 Å². The first kappa shape index (κ1) is 27.3. The summed E-state index contributed by atoms with van der Waals surface area (Å²) in [5.41, 5.74) is 1.65. The molecule has 3 aromatic carbocycles. The van der Waals surface area contributed by atoms with Gasteiger partial charge in [-0.3, -0.25) is 4.90 Å². The molecule has 4 aliphatic rings. The van der Waals surface area contributed by atoms with Crippen molar-refractivity contribution >= 4 is 23.2 Å². The van der Waals surface area contributed by atoms with E-state index >= 15 is 0 Å². The molecule has 4 nitrogen and oxygen atoms in total. The molecule has 3 N–H and O–H groups in total. The zero-order valence-corrected chi connectivity index (χ0v) is 23.8. The minimum atomic E-state index is -0.780. The van der Waals surface area contributed by atoms with E-state index in [0.29, 0.717) is 34.2 Å². The van der Waals surface area contributed by atoms with Crippen LogP contribution < -0.4 is 5.32 Å². The van der Waals surface area contributed by atoms with Gasteiger partial charge in [-0.2, -0.15) is 0 Å². The number of nitrogens with zero attached hydrogens (tertiary/aromatic N) is 1. The highest BCUT2D eigenvalue weighted by atomic mass is 35.5. The Kier molecular flexibility index (Phi) is 7.80. The zero-order chi connectivity index (χ0) is 27.0. The highest BCUT2D eigenvalue weighted by Gasteiger charge is 2.48. The molecule has 0 aromatic heterocycles. The molecule has 4 fully saturated rings. The number of benzene rings is 3. The van der Waals surface area contributed by atoms with E-state index in [1.165, 1.54) is 31.2 Å². The fourth-order valence-electron chi connectivity index (χ4n) is 7.61. The van der Waals surface area contributed by atoms with Crippen LogP contribution in [0.1, 0.15) is 68.1 Å². The SMILES string of the molecule is OC1(c2ccccc2Cl)CC2CCC(C1)N2.OC1(c2ccccc2Cl)CC2CCC(C1)N2Cc1ccccc1. The van der Waals surface area contributed by atoms with Crippen molar-refractivity contribution in [3.05, 3.63) is 106 Å². The van der Waals surface area contributed by atoms with Crippen molar-refractivity contribution < 1.29 is 10.2 Å². The molecule has 6 heteroatoms. The molecular formula is C33H38Cl2N2O2. The van der Waals surface area contributed by atoms with Crippen LogP contribution >= 0.6 is 23.2 Å². The number of aliphatic hydroxyl groups is 2. The lowest BCUT2D eigenvalue weighted by Gasteiger charge is -2.44. The summed E-state index contributed by atoms with van der Waals surface area (Å²) in [4.78, 5) is 2.58. The molecule has 0 saturated carbocycles. The van der Waals surface area contributed by atoms with Crippen LogP contribution in [0.2, 0.25) is 10.0 Å². The average molecular weight is 566 g/mol. The largest absolute Gasteiger partial charge is 0.385 e. The summed E-state index contributed by atoms with van der Waals surface area (Å²) < 4.78 is 0. The highest BCUT2D eigenvalue weighted by molar-refractivity contribution is 6.31. The molecule has 7 rings (SSSR count). The predicted octanol–water partition coefficient (Wildman–Crippen LogP) is 6.80. The third kappa shape index (κ3) is 5.66. The molecule has 0 radical (unpaired) electrons. The first-order valence-corrected chi connectivity index (χ1v) is 15.1. The molecule has 4 atom stereocenters. The number of fused-ring (bicyclic) bond motifs is 4. The Morgan fingerprint density at radius 3 is 1.62 bits per heavy atom. The van der Waals surface area contributed by atoms with E-state index in [1.807, 2.05) is 48.5 Å². The number of nitrogens with one attached hydrogen (secondary N) is 1. The Hall–Kier alpha value is -1.92. The van der Waals surface area contributed by atoms with Crippen molar-refractivity contribution in [2.75, 3.05) is 0 Å². The molecule has 4 heterocycles. The molecule has 0 amide bonds. The average Bonchev–Trinajstić information content (AvgIpc) is 3.39. The van der Waals surface area contributed by atoms with Gasteiger partial charge < -0.3 is 15.5 Å². The van der Waals surface area contributed by atoms with Gasteiger partial charge in [-0.25, -0.2) is 0 Å². The second-order valence-corrected chi connectivity index (χ2v) is 12.8. The monoisotopic (exact) mass is 564 g/mol. The van der Waals surface area contributed by atoms with Crippen molar-refractivity contribution in [3.63, 3.8) is 0 Å². The maximum atomic E-state index is 11.3. The van der Waals surface area contributed by atoms with E-state index in [0.717, 1.165) is 43.4 Å². The van der Waals surface area contributed by atoms with Crippen LogP contribution in [0.3, 0.4) is 0 Å². The third-order valence-electron chi connectivity index (χ3n) is 9.38. The summed E-state index contributed by atoms with van der Waals surface area (Å²) in [6.45, 7) is 0.981. The molecule has 4 aliphatic heterocycles. The Labute approximate surface area is 242 Å². The van der Waals surface area contributed by atoms with Crippen LogP contribution in [0.25, 0.3) is 0 Å². The van der Waals surface area contributed by atoms with Crippen LogP contribution in [-0.2, 0) is 17.7 Å². The predicted molar refractivity (Wildman–Crippen MR) is 158 cm³/mol. The molecule has 0 spiro atoms. The number of hydrogen-bond donors (Lipinski definition) is 3. The molecule has 206 valence electrons. The standard InChI is InChI=1S/C20H22ClNO.C13H16ClNO/c21-19-9-5-4-8-18(19)20(23)12-16-10-11-17(13-20)22(16)14-15-6-2-1-3-7-15;14-12-4-2-1-3-11(12)13(16)7-9-5-6-10(8-13)15-9/h1-9,16-17,23H,10-14H2;1-4,9-10,15-16H,5-8H2. The van der Waals surface area contributed by atoms with E-state index in [1.54, 1.807) is 0 Å². The van der Waals surface area contributed by atoms with E-state index in [-0.39, 0.29) is 0 Å². The van der Waals surface area contributed by atoms with Gasteiger partial charge >= 0.3 is 0 Å². The van der Waals surface area contributed by atoms with Gasteiger partial charge in [0.1, 0.15) is 0 Å². The molecular weight excluding hydrogens is 527 g/mol.